The summed E-state index contributed by atoms with van der Waals surface area (Å²) in [6, 6.07) is 9.93. The van der Waals surface area contributed by atoms with E-state index in [1.807, 2.05) is 44.2 Å². The molecule has 1 amide bonds. The number of carbonyl (C=O) groups excluding carboxylic acids is 1. The molecule has 9 nitrogen and oxygen atoms in total. The number of hydrogen-bond acceptors (Lipinski definition) is 7. The molecule has 1 atom stereocenters. The number of carbonyl (C=O) groups is 1. The monoisotopic (exact) mass is 447 g/mol. The Bertz CT molecular complexity index is 996. The number of imidazole rings is 1. The zero-order valence-electron chi connectivity index (χ0n) is 17.7. The van der Waals surface area contributed by atoms with Gasteiger partial charge in [0.25, 0.3) is 0 Å². The van der Waals surface area contributed by atoms with Crippen LogP contribution in [0, 0.1) is 0 Å². The number of halogens is 1. The summed E-state index contributed by atoms with van der Waals surface area (Å²) in [6.07, 6.45) is 1.35. The average molecular weight is 448 g/mol. The highest BCUT2D eigenvalue weighted by Crippen LogP contribution is 2.21. The zero-order valence-corrected chi connectivity index (χ0v) is 18.5. The molecule has 1 unspecified atom stereocenters. The first kappa shape index (κ1) is 23.1. The predicted octanol–water partition coefficient (Wildman–Crippen LogP) is 3.42. The van der Waals surface area contributed by atoms with Gasteiger partial charge >= 0.3 is 0 Å². The van der Waals surface area contributed by atoms with Gasteiger partial charge in [0, 0.05) is 6.92 Å². The van der Waals surface area contributed by atoms with Crippen molar-refractivity contribution in [2.45, 2.75) is 46.3 Å². The van der Waals surface area contributed by atoms with Crippen LogP contribution in [0.4, 0.5) is 5.95 Å². The van der Waals surface area contributed by atoms with Crippen LogP contribution in [0.2, 0.25) is 5.15 Å². The fraction of sp³-hybridized carbons (Fsp3) is 0.429. The van der Waals surface area contributed by atoms with Crippen molar-refractivity contribution < 1.29 is 19.0 Å². The Balaban J connectivity index is 1.64. The number of anilines is 1. The Morgan fingerprint density at radius 2 is 1.94 bits per heavy atom. The summed E-state index contributed by atoms with van der Waals surface area (Å²) in [5.41, 5.74) is 1.97. The van der Waals surface area contributed by atoms with Crippen LogP contribution in [-0.2, 0) is 32.3 Å². The molecule has 3 aromatic rings. The third kappa shape index (κ3) is 6.96. The van der Waals surface area contributed by atoms with Crippen LogP contribution in [0.1, 0.15) is 26.3 Å². The van der Waals surface area contributed by atoms with Crippen LogP contribution in [0.3, 0.4) is 0 Å². The minimum absolute atomic E-state index is 0.0735. The molecule has 0 radical (unpaired) electrons. The van der Waals surface area contributed by atoms with Crippen molar-refractivity contribution >= 4 is 34.6 Å². The van der Waals surface area contributed by atoms with E-state index in [1.54, 1.807) is 10.9 Å². The molecule has 2 aromatic heterocycles. The molecule has 0 aliphatic rings. The van der Waals surface area contributed by atoms with Crippen LogP contribution in [-0.4, -0.2) is 50.8 Å². The van der Waals surface area contributed by atoms with Crippen molar-refractivity contribution in [3.05, 3.63) is 47.4 Å². The Labute approximate surface area is 185 Å². The average Bonchev–Trinajstić information content (AvgIpc) is 3.13. The lowest BCUT2D eigenvalue weighted by atomic mass is 10.2. The second kappa shape index (κ2) is 11.1. The number of aromatic nitrogens is 4. The van der Waals surface area contributed by atoms with Gasteiger partial charge < -0.3 is 18.8 Å². The van der Waals surface area contributed by atoms with Crippen LogP contribution >= 0.6 is 11.6 Å². The van der Waals surface area contributed by atoms with Crippen molar-refractivity contribution in [1.82, 2.24) is 19.5 Å². The summed E-state index contributed by atoms with van der Waals surface area (Å²) >= 11 is 6.29. The van der Waals surface area contributed by atoms with Gasteiger partial charge in [-0.15, -0.1) is 0 Å². The number of nitrogens with zero attached hydrogens (tertiary/aromatic N) is 4. The zero-order chi connectivity index (χ0) is 22.2. The molecule has 31 heavy (non-hydrogen) atoms. The third-order valence-corrected chi connectivity index (χ3v) is 4.46. The van der Waals surface area contributed by atoms with E-state index >= 15 is 0 Å². The lowest BCUT2D eigenvalue weighted by Gasteiger charge is -2.20. The largest absolute Gasteiger partial charge is 0.376 e. The smallest absolute Gasteiger partial charge is 0.233 e. The number of nitrogens with one attached hydrogen (secondary N) is 1. The summed E-state index contributed by atoms with van der Waals surface area (Å²) in [5.74, 6) is -0.185. The summed E-state index contributed by atoms with van der Waals surface area (Å²) in [4.78, 5) is 23.8. The predicted molar refractivity (Wildman–Crippen MR) is 117 cm³/mol. The Morgan fingerprint density at radius 1 is 1.16 bits per heavy atom. The normalized spacial score (nSPS) is 12.4. The van der Waals surface area contributed by atoms with E-state index in [1.165, 1.54) is 6.92 Å². The third-order valence-electron chi connectivity index (χ3n) is 4.20. The van der Waals surface area contributed by atoms with E-state index < -0.39 is 0 Å². The van der Waals surface area contributed by atoms with Crippen molar-refractivity contribution in [3.63, 3.8) is 0 Å². The van der Waals surface area contributed by atoms with Gasteiger partial charge in [0.2, 0.25) is 11.9 Å². The second-order valence-corrected chi connectivity index (χ2v) is 7.56. The van der Waals surface area contributed by atoms with E-state index in [2.05, 4.69) is 20.3 Å². The standard InChI is InChI=1S/C21H26ClN5O4/c1-14(2)30-11-17(10-29-9-16-7-5-4-6-8-16)31-13-27-12-23-20-18(27)19(22)25-21(26-20)24-15(3)28/h4-8,12,14,17H,9-11,13H2,1-3H3,(H,24,25,26,28). The molecule has 166 valence electrons. The molecule has 3 rings (SSSR count). The number of fused-ring (bicyclic) bond motifs is 1. The van der Waals surface area contributed by atoms with E-state index in [-0.39, 0.29) is 35.9 Å². The number of benzene rings is 1. The number of rotatable bonds is 11. The lowest BCUT2D eigenvalue weighted by Crippen LogP contribution is -2.28. The minimum atomic E-state index is -0.290. The maximum atomic E-state index is 11.2. The first-order valence-corrected chi connectivity index (χ1v) is 10.3. The minimum Gasteiger partial charge on any atom is -0.376 e. The first-order valence-electron chi connectivity index (χ1n) is 9.93. The van der Waals surface area contributed by atoms with Gasteiger partial charge in [-0.25, -0.2) is 4.98 Å². The van der Waals surface area contributed by atoms with E-state index in [4.69, 9.17) is 25.8 Å². The highest BCUT2D eigenvalue weighted by molar-refractivity contribution is 6.33. The van der Waals surface area contributed by atoms with E-state index in [0.717, 1.165) is 5.56 Å². The Hall–Kier alpha value is -2.59. The Kier molecular flexibility index (Phi) is 8.30. The number of amides is 1. The summed E-state index contributed by atoms with van der Waals surface area (Å²) < 4.78 is 19.3. The van der Waals surface area contributed by atoms with Crippen molar-refractivity contribution in [2.24, 2.45) is 0 Å². The topological polar surface area (TPSA) is 100 Å². The maximum Gasteiger partial charge on any atom is 0.233 e. The van der Waals surface area contributed by atoms with Gasteiger partial charge in [-0.3, -0.25) is 10.1 Å². The molecule has 0 spiro atoms. The lowest BCUT2D eigenvalue weighted by molar-refractivity contribution is -0.114. The van der Waals surface area contributed by atoms with Gasteiger partial charge in [-0.2, -0.15) is 9.97 Å². The quantitative estimate of drug-likeness (QED) is 0.449. The highest BCUT2D eigenvalue weighted by Gasteiger charge is 2.16. The highest BCUT2D eigenvalue weighted by atomic mass is 35.5. The fourth-order valence-electron chi connectivity index (χ4n) is 2.76. The first-order chi connectivity index (χ1) is 14.9. The van der Waals surface area contributed by atoms with Gasteiger partial charge in [-0.1, -0.05) is 41.9 Å². The summed E-state index contributed by atoms with van der Waals surface area (Å²) in [5, 5.41) is 2.67. The molecule has 1 aromatic carbocycles. The summed E-state index contributed by atoms with van der Waals surface area (Å²) in [7, 11) is 0. The molecular formula is C21H26ClN5O4. The molecule has 1 N–H and O–H groups in total. The van der Waals surface area contributed by atoms with Crippen LogP contribution in [0.5, 0.6) is 0 Å². The van der Waals surface area contributed by atoms with Gasteiger partial charge in [0.05, 0.1) is 32.3 Å². The molecule has 0 aliphatic heterocycles. The van der Waals surface area contributed by atoms with Crippen molar-refractivity contribution in [2.75, 3.05) is 18.5 Å². The van der Waals surface area contributed by atoms with Gasteiger partial charge in [0.1, 0.15) is 18.4 Å². The molecular weight excluding hydrogens is 422 g/mol. The van der Waals surface area contributed by atoms with E-state index in [0.29, 0.717) is 31.0 Å². The molecule has 0 fully saturated rings. The van der Waals surface area contributed by atoms with Crippen LogP contribution in [0.25, 0.3) is 11.2 Å². The molecule has 10 heteroatoms. The van der Waals surface area contributed by atoms with Gasteiger partial charge in [0.15, 0.2) is 10.8 Å². The second-order valence-electron chi connectivity index (χ2n) is 7.21. The van der Waals surface area contributed by atoms with Crippen LogP contribution in [0.15, 0.2) is 36.7 Å². The maximum absolute atomic E-state index is 11.2. The van der Waals surface area contributed by atoms with E-state index in [9.17, 15) is 4.79 Å². The molecule has 0 bridgehead atoms. The van der Waals surface area contributed by atoms with Crippen LogP contribution < -0.4 is 5.32 Å². The number of ether oxygens (including phenoxy) is 3. The molecule has 0 saturated carbocycles. The molecule has 0 saturated heterocycles. The molecule has 2 heterocycles. The molecule has 0 aliphatic carbocycles. The van der Waals surface area contributed by atoms with Gasteiger partial charge in [-0.05, 0) is 19.4 Å². The SMILES string of the molecule is CC(=O)Nc1nc(Cl)c2c(ncn2COC(COCc2ccccc2)COC(C)C)n1. The summed E-state index contributed by atoms with van der Waals surface area (Å²) in [6.45, 7) is 6.71. The van der Waals surface area contributed by atoms with Crippen molar-refractivity contribution in [1.29, 1.82) is 0 Å². The number of hydrogen-bond donors (Lipinski definition) is 1. The van der Waals surface area contributed by atoms with Crippen molar-refractivity contribution in [3.8, 4) is 0 Å². The Morgan fingerprint density at radius 3 is 2.65 bits per heavy atom. The fourth-order valence-corrected chi connectivity index (χ4v) is 3.03.